The quantitative estimate of drug-likeness (QED) is 0.718. The smallest absolute Gasteiger partial charge is 0.240 e. The Labute approximate surface area is 161 Å². The molecule has 0 aliphatic heterocycles. The second kappa shape index (κ2) is 7.90. The van der Waals surface area contributed by atoms with Crippen LogP contribution in [0.2, 0.25) is 0 Å². The van der Waals surface area contributed by atoms with Crippen LogP contribution in [0.15, 0.2) is 53.4 Å². The van der Waals surface area contributed by atoms with Crippen LogP contribution in [0.5, 0.6) is 5.75 Å². The average Bonchev–Trinajstić information content (AvgIpc) is 3.32. The number of anilines is 1. The van der Waals surface area contributed by atoms with Gasteiger partial charge in [-0.3, -0.25) is 0 Å². The SMILES string of the molecule is O=S(=O)(NC1CC1)c1cccc(NCc2ccccc2OC2CCCC2)c1. The fourth-order valence-corrected chi connectivity index (χ4v) is 4.76. The van der Waals surface area contributed by atoms with Gasteiger partial charge in [-0.15, -0.1) is 0 Å². The highest BCUT2D eigenvalue weighted by molar-refractivity contribution is 7.89. The molecule has 0 atom stereocenters. The summed E-state index contributed by atoms with van der Waals surface area (Å²) >= 11 is 0. The predicted molar refractivity (Wildman–Crippen MR) is 106 cm³/mol. The zero-order valence-electron chi connectivity index (χ0n) is 15.4. The number of hydrogen-bond donors (Lipinski definition) is 2. The predicted octanol–water partition coefficient (Wildman–Crippen LogP) is 4.06. The van der Waals surface area contributed by atoms with Gasteiger partial charge in [0.15, 0.2) is 0 Å². The van der Waals surface area contributed by atoms with Crippen LogP contribution in [0.3, 0.4) is 0 Å². The molecule has 0 unspecified atom stereocenters. The van der Waals surface area contributed by atoms with Crippen molar-refractivity contribution in [3.8, 4) is 5.75 Å². The lowest BCUT2D eigenvalue weighted by atomic mass is 10.2. The maximum atomic E-state index is 12.4. The van der Waals surface area contributed by atoms with E-state index in [1.165, 1.54) is 12.8 Å². The number of sulfonamides is 1. The number of hydrogen-bond acceptors (Lipinski definition) is 4. The lowest BCUT2D eigenvalue weighted by Gasteiger charge is -2.17. The van der Waals surface area contributed by atoms with E-state index in [1.54, 1.807) is 18.2 Å². The van der Waals surface area contributed by atoms with E-state index in [1.807, 2.05) is 30.3 Å². The number of ether oxygens (including phenoxy) is 1. The molecule has 2 aliphatic rings. The van der Waals surface area contributed by atoms with Crippen molar-refractivity contribution in [1.29, 1.82) is 0 Å². The minimum absolute atomic E-state index is 0.103. The van der Waals surface area contributed by atoms with E-state index >= 15 is 0 Å². The van der Waals surface area contributed by atoms with Crippen LogP contribution >= 0.6 is 0 Å². The highest BCUT2D eigenvalue weighted by Gasteiger charge is 2.28. The Bertz CT molecular complexity index is 888. The maximum Gasteiger partial charge on any atom is 0.240 e. The van der Waals surface area contributed by atoms with Crippen LogP contribution in [0, 0.1) is 0 Å². The summed E-state index contributed by atoms with van der Waals surface area (Å²) in [7, 11) is -3.44. The van der Waals surface area contributed by atoms with E-state index in [-0.39, 0.29) is 6.04 Å². The van der Waals surface area contributed by atoms with Gasteiger partial charge in [-0.05, 0) is 62.8 Å². The number of para-hydroxylation sites is 1. The lowest BCUT2D eigenvalue weighted by Crippen LogP contribution is -2.25. The zero-order valence-corrected chi connectivity index (χ0v) is 16.2. The van der Waals surface area contributed by atoms with Crippen LogP contribution in [0.4, 0.5) is 5.69 Å². The summed E-state index contributed by atoms with van der Waals surface area (Å²) < 4.78 is 33.7. The molecule has 6 heteroatoms. The van der Waals surface area contributed by atoms with E-state index < -0.39 is 10.0 Å². The van der Waals surface area contributed by atoms with Gasteiger partial charge >= 0.3 is 0 Å². The molecule has 27 heavy (non-hydrogen) atoms. The normalized spacial score (nSPS) is 17.8. The van der Waals surface area contributed by atoms with Gasteiger partial charge in [0.05, 0.1) is 11.0 Å². The molecule has 2 saturated carbocycles. The first-order valence-corrected chi connectivity index (χ1v) is 11.2. The minimum Gasteiger partial charge on any atom is -0.490 e. The summed E-state index contributed by atoms with van der Waals surface area (Å²) in [6.07, 6.45) is 6.88. The fraction of sp³-hybridized carbons (Fsp3) is 0.429. The van der Waals surface area contributed by atoms with Gasteiger partial charge in [0.1, 0.15) is 5.75 Å². The summed E-state index contributed by atoms with van der Waals surface area (Å²) in [5, 5.41) is 3.34. The third-order valence-electron chi connectivity index (χ3n) is 5.09. The molecule has 2 aromatic rings. The van der Waals surface area contributed by atoms with Crippen molar-refractivity contribution in [2.24, 2.45) is 0 Å². The molecule has 0 heterocycles. The molecular weight excluding hydrogens is 360 g/mol. The first-order valence-electron chi connectivity index (χ1n) is 9.71. The number of rotatable bonds is 8. The van der Waals surface area contributed by atoms with E-state index in [4.69, 9.17) is 4.74 Å². The Morgan fingerprint density at radius 2 is 1.74 bits per heavy atom. The van der Waals surface area contributed by atoms with Crippen molar-refractivity contribution >= 4 is 15.7 Å². The van der Waals surface area contributed by atoms with E-state index in [0.717, 1.165) is 42.7 Å². The third-order valence-corrected chi connectivity index (χ3v) is 6.61. The van der Waals surface area contributed by atoms with Crippen LogP contribution in [-0.2, 0) is 16.6 Å². The molecule has 0 spiro atoms. The average molecular weight is 387 g/mol. The summed E-state index contributed by atoms with van der Waals surface area (Å²) in [6, 6.07) is 15.1. The number of benzene rings is 2. The van der Waals surface area contributed by atoms with E-state index in [0.29, 0.717) is 17.5 Å². The Kier molecular flexibility index (Phi) is 5.36. The van der Waals surface area contributed by atoms with Gasteiger partial charge in [-0.1, -0.05) is 24.3 Å². The second-order valence-electron chi connectivity index (χ2n) is 7.41. The van der Waals surface area contributed by atoms with Crippen molar-refractivity contribution in [2.45, 2.75) is 62.1 Å². The Hall–Kier alpha value is -2.05. The topological polar surface area (TPSA) is 67.4 Å². The van der Waals surface area contributed by atoms with Crippen molar-refractivity contribution < 1.29 is 13.2 Å². The largest absolute Gasteiger partial charge is 0.490 e. The standard InChI is InChI=1S/C21H26N2O3S/c24-27(25,23-17-12-13-17)20-10-5-7-18(14-20)22-15-16-6-1-4-11-21(16)26-19-8-2-3-9-19/h1,4-7,10-11,14,17,19,22-23H,2-3,8-9,12-13,15H2. The van der Waals surface area contributed by atoms with Crippen molar-refractivity contribution in [1.82, 2.24) is 4.72 Å². The van der Waals surface area contributed by atoms with Gasteiger partial charge < -0.3 is 10.1 Å². The zero-order chi connectivity index (χ0) is 18.7. The lowest BCUT2D eigenvalue weighted by molar-refractivity contribution is 0.208. The molecule has 0 radical (unpaired) electrons. The number of nitrogens with one attached hydrogen (secondary N) is 2. The summed E-state index contributed by atoms with van der Waals surface area (Å²) in [6.45, 7) is 0.586. The highest BCUT2D eigenvalue weighted by atomic mass is 32.2. The van der Waals surface area contributed by atoms with Gasteiger partial charge in [0.25, 0.3) is 0 Å². The van der Waals surface area contributed by atoms with Crippen molar-refractivity contribution in [3.63, 3.8) is 0 Å². The maximum absolute atomic E-state index is 12.4. The van der Waals surface area contributed by atoms with Gasteiger partial charge in [0.2, 0.25) is 10.0 Å². The minimum atomic E-state index is -3.44. The molecule has 2 N–H and O–H groups in total. The monoisotopic (exact) mass is 386 g/mol. The molecule has 0 amide bonds. The van der Waals surface area contributed by atoms with Crippen LogP contribution in [0.1, 0.15) is 44.1 Å². The van der Waals surface area contributed by atoms with Gasteiger partial charge in [0, 0.05) is 23.8 Å². The molecule has 4 rings (SSSR count). The molecule has 0 saturated heterocycles. The van der Waals surface area contributed by atoms with Crippen molar-refractivity contribution in [2.75, 3.05) is 5.32 Å². The Morgan fingerprint density at radius 3 is 2.52 bits per heavy atom. The van der Waals surface area contributed by atoms with Crippen molar-refractivity contribution in [3.05, 3.63) is 54.1 Å². The molecular formula is C21H26N2O3S. The molecule has 0 aromatic heterocycles. The second-order valence-corrected chi connectivity index (χ2v) is 9.12. The fourth-order valence-electron chi connectivity index (χ4n) is 3.41. The molecule has 2 aromatic carbocycles. The van der Waals surface area contributed by atoms with Gasteiger partial charge in [-0.25, -0.2) is 13.1 Å². The first-order chi connectivity index (χ1) is 13.1. The first kappa shape index (κ1) is 18.3. The molecule has 144 valence electrons. The van der Waals surface area contributed by atoms with E-state index in [9.17, 15) is 8.42 Å². The molecule has 2 fully saturated rings. The summed E-state index contributed by atoms with van der Waals surface area (Å²) in [5.41, 5.74) is 1.86. The Balaban J connectivity index is 1.44. The van der Waals surface area contributed by atoms with Crippen LogP contribution < -0.4 is 14.8 Å². The summed E-state index contributed by atoms with van der Waals surface area (Å²) in [5.74, 6) is 0.913. The van der Waals surface area contributed by atoms with E-state index in [2.05, 4.69) is 10.0 Å². The molecule has 5 nitrogen and oxygen atoms in total. The third kappa shape index (κ3) is 4.82. The molecule has 2 aliphatic carbocycles. The highest BCUT2D eigenvalue weighted by Crippen LogP contribution is 2.28. The Morgan fingerprint density at radius 1 is 0.963 bits per heavy atom. The van der Waals surface area contributed by atoms with Gasteiger partial charge in [-0.2, -0.15) is 0 Å². The summed E-state index contributed by atoms with van der Waals surface area (Å²) in [4.78, 5) is 0.301. The molecule has 0 bridgehead atoms. The van der Waals surface area contributed by atoms with Crippen LogP contribution in [-0.4, -0.2) is 20.6 Å². The van der Waals surface area contributed by atoms with Crippen LogP contribution in [0.25, 0.3) is 0 Å².